The molecule has 0 saturated carbocycles. The van der Waals surface area contributed by atoms with Crippen LogP contribution in [0.2, 0.25) is 0 Å². The molecule has 0 saturated heterocycles. The van der Waals surface area contributed by atoms with Gasteiger partial charge < -0.3 is 4.52 Å². The van der Waals surface area contributed by atoms with Crippen LogP contribution in [0.4, 0.5) is 0 Å². The zero-order valence-corrected chi connectivity index (χ0v) is 13.5. The van der Waals surface area contributed by atoms with Gasteiger partial charge in [-0.3, -0.25) is 4.68 Å². The van der Waals surface area contributed by atoms with Crippen molar-refractivity contribution in [2.45, 2.75) is 26.8 Å². The van der Waals surface area contributed by atoms with Crippen LogP contribution in [0.3, 0.4) is 0 Å². The van der Waals surface area contributed by atoms with E-state index >= 15 is 0 Å². The van der Waals surface area contributed by atoms with Gasteiger partial charge in [0.2, 0.25) is 11.7 Å². The third-order valence-corrected chi connectivity index (χ3v) is 5.05. The lowest BCUT2D eigenvalue weighted by Gasteiger charge is -2.01. The first kappa shape index (κ1) is 13.5. The summed E-state index contributed by atoms with van der Waals surface area (Å²) in [6.45, 7) is 4.74. The van der Waals surface area contributed by atoms with E-state index in [9.17, 15) is 0 Å². The monoisotopic (exact) mass is 352 g/mol. The molecule has 0 amide bonds. The Morgan fingerprint density at radius 3 is 2.90 bits per heavy atom. The molecule has 0 fully saturated rings. The van der Waals surface area contributed by atoms with Crippen molar-refractivity contribution in [1.29, 1.82) is 0 Å². The summed E-state index contributed by atoms with van der Waals surface area (Å²) in [5, 5.41) is 10.5. The molecule has 3 aromatic rings. The topological polar surface area (TPSA) is 56.7 Å². The maximum atomic E-state index is 5.28. The molecule has 0 atom stereocenters. The molecular weight excluding hydrogens is 340 g/mol. The van der Waals surface area contributed by atoms with Crippen LogP contribution in [0.25, 0.3) is 10.7 Å². The summed E-state index contributed by atoms with van der Waals surface area (Å²) < 4.78 is 8.29. The molecular formula is C13H13BrN4OS. The number of aromatic nitrogens is 4. The van der Waals surface area contributed by atoms with Crippen molar-refractivity contribution in [2.24, 2.45) is 0 Å². The molecule has 0 aliphatic rings. The van der Waals surface area contributed by atoms with Crippen LogP contribution in [0.15, 0.2) is 26.5 Å². The fraction of sp³-hybridized carbons (Fsp3) is 0.308. The summed E-state index contributed by atoms with van der Waals surface area (Å²) in [4.78, 5) is 5.43. The van der Waals surface area contributed by atoms with E-state index in [0.29, 0.717) is 18.1 Å². The zero-order chi connectivity index (χ0) is 14.1. The highest BCUT2D eigenvalue weighted by Gasteiger charge is 2.12. The summed E-state index contributed by atoms with van der Waals surface area (Å²) in [6.07, 6.45) is 0.673. The Balaban J connectivity index is 1.71. The summed E-state index contributed by atoms with van der Waals surface area (Å²) >= 11 is 5.13. The number of aryl methyl sites for hydroxylation is 3. The van der Waals surface area contributed by atoms with E-state index in [0.717, 1.165) is 27.3 Å². The van der Waals surface area contributed by atoms with Crippen molar-refractivity contribution >= 4 is 27.3 Å². The number of halogens is 1. The smallest absolute Gasteiger partial charge is 0.228 e. The lowest BCUT2D eigenvalue weighted by atomic mass is 10.4. The van der Waals surface area contributed by atoms with Gasteiger partial charge in [0.05, 0.1) is 21.6 Å². The third-order valence-electron chi connectivity index (χ3n) is 3.04. The molecule has 0 N–H and O–H groups in total. The molecule has 0 radical (unpaired) electrons. The molecule has 104 valence electrons. The van der Waals surface area contributed by atoms with Gasteiger partial charge in [-0.15, -0.1) is 11.3 Å². The number of hydrogen-bond acceptors (Lipinski definition) is 5. The Bertz CT molecular complexity index is 717. The second kappa shape index (κ2) is 5.49. The Hall–Kier alpha value is -1.47. The maximum absolute atomic E-state index is 5.28. The van der Waals surface area contributed by atoms with Crippen molar-refractivity contribution in [3.63, 3.8) is 0 Å². The van der Waals surface area contributed by atoms with Gasteiger partial charge in [-0.1, -0.05) is 11.2 Å². The fourth-order valence-corrected chi connectivity index (χ4v) is 2.89. The van der Waals surface area contributed by atoms with Crippen molar-refractivity contribution < 1.29 is 4.52 Å². The average molecular weight is 353 g/mol. The van der Waals surface area contributed by atoms with E-state index in [4.69, 9.17) is 4.52 Å². The Labute approximate surface area is 128 Å². The maximum Gasteiger partial charge on any atom is 0.228 e. The second-order valence-electron chi connectivity index (χ2n) is 4.45. The van der Waals surface area contributed by atoms with Crippen LogP contribution in [-0.4, -0.2) is 19.9 Å². The molecule has 0 spiro atoms. The normalized spacial score (nSPS) is 11.2. The first-order valence-electron chi connectivity index (χ1n) is 6.21. The molecule has 0 aliphatic carbocycles. The summed E-state index contributed by atoms with van der Waals surface area (Å²) in [5.41, 5.74) is 2.10. The molecule has 0 aromatic carbocycles. The minimum Gasteiger partial charge on any atom is -0.339 e. The van der Waals surface area contributed by atoms with Gasteiger partial charge in [-0.2, -0.15) is 10.1 Å². The molecule has 0 unspecified atom stereocenters. The van der Waals surface area contributed by atoms with Crippen LogP contribution in [0.1, 0.15) is 17.3 Å². The second-order valence-corrected chi connectivity index (χ2v) is 6.19. The Kier molecular flexibility index (Phi) is 3.71. The van der Waals surface area contributed by atoms with Crippen molar-refractivity contribution in [3.8, 4) is 10.7 Å². The van der Waals surface area contributed by atoms with E-state index in [-0.39, 0.29) is 0 Å². The minimum absolute atomic E-state index is 0.636. The van der Waals surface area contributed by atoms with Crippen LogP contribution in [0.5, 0.6) is 0 Å². The van der Waals surface area contributed by atoms with Crippen molar-refractivity contribution in [2.75, 3.05) is 0 Å². The highest BCUT2D eigenvalue weighted by Crippen LogP contribution is 2.22. The van der Waals surface area contributed by atoms with E-state index in [2.05, 4.69) is 31.2 Å². The van der Waals surface area contributed by atoms with Crippen LogP contribution in [0, 0.1) is 13.8 Å². The highest BCUT2D eigenvalue weighted by molar-refractivity contribution is 9.10. The lowest BCUT2D eigenvalue weighted by molar-refractivity contribution is 0.368. The SMILES string of the molecule is Cc1nn(CCc2nc(-c3cccs3)no2)c(C)c1Br. The largest absolute Gasteiger partial charge is 0.339 e. The van der Waals surface area contributed by atoms with E-state index in [1.54, 1.807) is 11.3 Å². The quantitative estimate of drug-likeness (QED) is 0.719. The van der Waals surface area contributed by atoms with Gasteiger partial charge in [0.25, 0.3) is 0 Å². The average Bonchev–Trinajstić information content (AvgIpc) is 3.14. The molecule has 20 heavy (non-hydrogen) atoms. The van der Waals surface area contributed by atoms with Gasteiger partial charge in [0.1, 0.15) is 0 Å². The van der Waals surface area contributed by atoms with Gasteiger partial charge in [-0.05, 0) is 41.2 Å². The lowest BCUT2D eigenvalue weighted by Crippen LogP contribution is -2.05. The summed E-state index contributed by atoms with van der Waals surface area (Å²) in [6, 6.07) is 3.96. The summed E-state index contributed by atoms with van der Waals surface area (Å²) in [5.74, 6) is 1.29. The Morgan fingerprint density at radius 2 is 2.25 bits per heavy atom. The van der Waals surface area contributed by atoms with Crippen molar-refractivity contribution in [3.05, 3.63) is 39.3 Å². The molecule has 5 nitrogen and oxygen atoms in total. The molecule has 0 aliphatic heterocycles. The summed E-state index contributed by atoms with van der Waals surface area (Å²) in [7, 11) is 0. The molecule has 3 heterocycles. The molecule has 3 rings (SSSR count). The Morgan fingerprint density at radius 1 is 1.40 bits per heavy atom. The number of hydrogen-bond donors (Lipinski definition) is 0. The van der Waals surface area contributed by atoms with E-state index < -0.39 is 0 Å². The molecule has 7 heteroatoms. The predicted octanol–water partition coefficient (Wildman–Crippen LogP) is 3.62. The number of rotatable bonds is 4. The standard InChI is InChI=1S/C13H13BrN4OS/c1-8-12(14)9(2)18(16-8)6-5-11-15-13(17-19-11)10-4-3-7-20-10/h3-4,7H,5-6H2,1-2H3. The number of thiophene rings is 1. The first-order chi connectivity index (χ1) is 9.65. The number of nitrogens with zero attached hydrogens (tertiary/aromatic N) is 4. The third kappa shape index (κ3) is 2.55. The van der Waals surface area contributed by atoms with Gasteiger partial charge in [0, 0.05) is 12.1 Å². The van der Waals surface area contributed by atoms with Gasteiger partial charge in [0.15, 0.2) is 0 Å². The van der Waals surface area contributed by atoms with Gasteiger partial charge >= 0.3 is 0 Å². The van der Waals surface area contributed by atoms with Crippen LogP contribution >= 0.6 is 27.3 Å². The van der Waals surface area contributed by atoms with Crippen LogP contribution in [-0.2, 0) is 13.0 Å². The molecule has 3 aromatic heterocycles. The zero-order valence-electron chi connectivity index (χ0n) is 11.1. The predicted molar refractivity (Wildman–Crippen MR) is 80.7 cm³/mol. The van der Waals surface area contributed by atoms with Crippen molar-refractivity contribution in [1.82, 2.24) is 19.9 Å². The minimum atomic E-state index is 0.636. The molecule has 0 bridgehead atoms. The van der Waals surface area contributed by atoms with E-state index in [1.807, 2.05) is 36.0 Å². The fourth-order valence-electron chi connectivity index (χ4n) is 1.96. The van der Waals surface area contributed by atoms with Crippen LogP contribution < -0.4 is 0 Å². The highest BCUT2D eigenvalue weighted by atomic mass is 79.9. The first-order valence-corrected chi connectivity index (χ1v) is 7.88. The van der Waals surface area contributed by atoms with E-state index in [1.165, 1.54) is 0 Å². The van der Waals surface area contributed by atoms with Gasteiger partial charge in [-0.25, -0.2) is 0 Å².